The van der Waals surface area contributed by atoms with Gasteiger partial charge in [0.05, 0.1) is 6.33 Å². The minimum absolute atomic E-state index is 0.287. The van der Waals surface area contributed by atoms with E-state index in [4.69, 9.17) is 16.5 Å². The predicted molar refractivity (Wildman–Crippen MR) is 84.1 cm³/mol. The van der Waals surface area contributed by atoms with E-state index in [-0.39, 0.29) is 5.91 Å². The summed E-state index contributed by atoms with van der Waals surface area (Å²) in [4.78, 5) is 20.2. The Morgan fingerprint density at radius 3 is 2.64 bits per heavy atom. The van der Waals surface area contributed by atoms with Crippen LogP contribution in [0.3, 0.4) is 0 Å². The van der Waals surface area contributed by atoms with Crippen LogP contribution < -0.4 is 11.6 Å². The number of carbonyl (C=O) groups excluding carboxylic acids is 1. The summed E-state index contributed by atoms with van der Waals surface area (Å²) in [5.74, 6) is 6.55. The van der Waals surface area contributed by atoms with Gasteiger partial charge in [0.25, 0.3) is 0 Å². The first-order chi connectivity index (χ1) is 10.7. The molecule has 4 N–H and O–H groups in total. The van der Waals surface area contributed by atoms with E-state index in [9.17, 15) is 4.79 Å². The lowest BCUT2D eigenvalue weighted by Gasteiger charge is -2.26. The zero-order valence-electron chi connectivity index (χ0n) is 13.0. The van der Waals surface area contributed by atoms with Crippen LogP contribution in [0.4, 0.5) is 0 Å². The number of hydrogen-bond donors (Lipinski definition) is 2. The molecule has 0 saturated heterocycles. The van der Waals surface area contributed by atoms with Crippen molar-refractivity contribution in [3.05, 3.63) is 30.1 Å². The predicted octanol–water partition coefficient (Wildman–Crippen LogP) is 2.26. The molecule has 6 nitrogen and oxygen atoms in total. The number of amides is 1. The van der Waals surface area contributed by atoms with E-state index < -0.39 is 0 Å². The molecular formula is C16H26N4O2. The van der Waals surface area contributed by atoms with Crippen molar-refractivity contribution in [3.8, 4) is 0 Å². The summed E-state index contributed by atoms with van der Waals surface area (Å²) in [6, 6.07) is 0. The third-order valence-electron chi connectivity index (χ3n) is 4.34. The largest absolute Gasteiger partial charge is 0.416 e. The van der Waals surface area contributed by atoms with Crippen LogP contribution >= 0.6 is 0 Å². The second-order valence-corrected chi connectivity index (χ2v) is 5.96. The number of rotatable bonds is 8. The second-order valence-electron chi connectivity index (χ2n) is 5.96. The molecule has 0 atom stereocenters. The van der Waals surface area contributed by atoms with Crippen LogP contribution in [0, 0.1) is 5.92 Å². The van der Waals surface area contributed by atoms with Gasteiger partial charge in [0.1, 0.15) is 5.76 Å². The van der Waals surface area contributed by atoms with Crippen LogP contribution in [-0.4, -0.2) is 15.5 Å². The first kappa shape index (κ1) is 16.5. The molecular weight excluding hydrogens is 280 g/mol. The SMILES string of the molecule is NOC(CCCC(N)=O)=C(Cn1ccnc1)C1CCCCC1. The average Bonchev–Trinajstić information content (AvgIpc) is 3.03. The van der Waals surface area contributed by atoms with Crippen molar-refractivity contribution in [2.75, 3.05) is 0 Å². The zero-order chi connectivity index (χ0) is 15.8. The molecule has 2 rings (SSSR count). The molecule has 0 aliphatic heterocycles. The Bertz CT molecular complexity index is 490. The lowest BCUT2D eigenvalue weighted by Crippen LogP contribution is -2.18. The van der Waals surface area contributed by atoms with Gasteiger partial charge in [-0.1, -0.05) is 19.3 Å². The second kappa shape index (κ2) is 8.58. The van der Waals surface area contributed by atoms with Crippen LogP contribution in [0.5, 0.6) is 0 Å². The molecule has 1 heterocycles. The number of imidazole rings is 1. The Morgan fingerprint density at radius 1 is 1.27 bits per heavy atom. The standard InChI is InChI=1S/C16H26N4O2/c17-16(21)8-4-7-15(22-18)14(11-20-10-9-19-12-20)13-5-2-1-3-6-13/h9-10,12-13H,1-8,11,18H2,(H2,17,21). The molecule has 0 aromatic carbocycles. The molecule has 0 unspecified atom stereocenters. The molecule has 6 heteroatoms. The molecule has 1 aliphatic carbocycles. The van der Waals surface area contributed by atoms with Crippen molar-refractivity contribution < 1.29 is 9.63 Å². The van der Waals surface area contributed by atoms with Crippen molar-refractivity contribution in [2.24, 2.45) is 17.5 Å². The molecule has 1 aliphatic rings. The maximum absolute atomic E-state index is 10.9. The molecule has 0 radical (unpaired) electrons. The summed E-state index contributed by atoms with van der Waals surface area (Å²) in [6.07, 6.45) is 13.3. The topological polar surface area (TPSA) is 96.2 Å². The molecule has 1 amide bonds. The minimum Gasteiger partial charge on any atom is -0.416 e. The molecule has 0 spiro atoms. The number of primary amides is 1. The maximum atomic E-state index is 10.9. The summed E-state index contributed by atoms with van der Waals surface area (Å²) in [7, 11) is 0. The molecule has 1 aromatic rings. The van der Waals surface area contributed by atoms with Gasteiger partial charge in [-0.15, -0.1) is 0 Å². The first-order valence-electron chi connectivity index (χ1n) is 8.03. The van der Waals surface area contributed by atoms with Gasteiger partial charge in [0, 0.05) is 31.8 Å². The van der Waals surface area contributed by atoms with Crippen LogP contribution in [0.15, 0.2) is 30.1 Å². The van der Waals surface area contributed by atoms with Crippen molar-refractivity contribution in [1.29, 1.82) is 0 Å². The van der Waals surface area contributed by atoms with E-state index in [1.54, 1.807) is 12.5 Å². The number of allylic oxidation sites excluding steroid dienone is 2. The summed E-state index contributed by atoms with van der Waals surface area (Å²) in [6.45, 7) is 0.744. The number of nitrogens with zero attached hydrogens (tertiary/aromatic N) is 2. The summed E-state index contributed by atoms with van der Waals surface area (Å²) < 4.78 is 2.04. The highest BCUT2D eigenvalue weighted by Gasteiger charge is 2.22. The van der Waals surface area contributed by atoms with Crippen molar-refractivity contribution >= 4 is 5.91 Å². The summed E-state index contributed by atoms with van der Waals surface area (Å²) >= 11 is 0. The summed E-state index contributed by atoms with van der Waals surface area (Å²) in [5, 5.41) is 0. The van der Waals surface area contributed by atoms with Crippen LogP contribution in [0.25, 0.3) is 0 Å². The molecule has 1 fully saturated rings. The number of carbonyl (C=O) groups is 1. The fourth-order valence-electron chi connectivity index (χ4n) is 3.19. The van der Waals surface area contributed by atoms with Gasteiger partial charge >= 0.3 is 0 Å². The molecule has 22 heavy (non-hydrogen) atoms. The van der Waals surface area contributed by atoms with Crippen molar-refractivity contribution in [2.45, 2.75) is 57.9 Å². The third-order valence-corrected chi connectivity index (χ3v) is 4.34. The van der Waals surface area contributed by atoms with E-state index in [0.717, 1.165) is 12.3 Å². The van der Waals surface area contributed by atoms with Gasteiger partial charge in [0.2, 0.25) is 5.91 Å². The Kier molecular flexibility index (Phi) is 6.45. The van der Waals surface area contributed by atoms with Gasteiger partial charge in [-0.3, -0.25) is 4.79 Å². The van der Waals surface area contributed by atoms with E-state index in [1.165, 1.54) is 37.7 Å². The van der Waals surface area contributed by atoms with Crippen LogP contribution in [-0.2, 0) is 16.2 Å². The fraction of sp³-hybridized carbons (Fsp3) is 0.625. The lowest BCUT2D eigenvalue weighted by molar-refractivity contribution is -0.118. The third kappa shape index (κ3) is 4.87. The van der Waals surface area contributed by atoms with Crippen molar-refractivity contribution in [3.63, 3.8) is 0 Å². The Morgan fingerprint density at radius 2 is 2.05 bits per heavy atom. The van der Waals surface area contributed by atoms with Crippen LogP contribution in [0.1, 0.15) is 51.4 Å². The molecule has 122 valence electrons. The van der Waals surface area contributed by atoms with E-state index in [1.807, 2.05) is 10.8 Å². The Balaban J connectivity index is 2.14. The summed E-state index contributed by atoms with van der Waals surface area (Å²) in [5.41, 5.74) is 6.45. The van der Waals surface area contributed by atoms with Gasteiger partial charge < -0.3 is 15.1 Å². The van der Waals surface area contributed by atoms with E-state index >= 15 is 0 Å². The fourth-order valence-corrected chi connectivity index (χ4v) is 3.19. The van der Waals surface area contributed by atoms with E-state index in [2.05, 4.69) is 4.98 Å². The van der Waals surface area contributed by atoms with Gasteiger partial charge in [0.15, 0.2) is 0 Å². The van der Waals surface area contributed by atoms with E-state index in [0.29, 0.717) is 25.2 Å². The molecule has 1 aromatic heterocycles. The number of nitrogens with two attached hydrogens (primary N) is 2. The Hall–Kier alpha value is -1.82. The quantitative estimate of drug-likeness (QED) is 0.569. The highest BCUT2D eigenvalue weighted by molar-refractivity contribution is 5.73. The lowest BCUT2D eigenvalue weighted by atomic mass is 9.82. The van der Waals surface area contributed by atoms with Crippen molar-refractivity contribution in [1.82, 2.24) is 9.55 Å². The Labute approximate surface area is 131 Å². The normalized spacial score (nSPS) is 17.1. The monoisotopic (exact) mass is 306 g/mol. The number of hydrogen-bond acceptors (Lipinski definition) is 4. The van der Waals surface area contributed by atoms with Gasteiger partial charge in [-0.25, -0.2) is 4.98 Å². The minimum atomic E-state index is -0.287. The highest BCUT2D eigenvalue weighted by Crippen LogP contribution is 2.33. The first-order valence-corrected chi connectivity index (χ1v) is 8.03. The highest BCUT2D eigenvalue weighted by atomic mass is 16.6. The zero-order valence-corrected chi connectivity index (χ0v) is 13.0. The number of aromatic nitrogens is 2. The van der Waals surface area contributed by atoms with Crippen LogP contribution in [0.2, 0.25) is 0 Å². The maximum Gasteiger partial charge on any atom is 0.217 e. The molecule has 1 saturated carbocycles. The smallest absolute Gasteiger partial charge is 0.217 e. The van der Waals surface area contributed by atoms with Gasteiger partial charge in [-0.05, 0) is 30.8 Å². The average molecular weight is 306 g/mol. The van der Waals surface area contributed by atoms with Gasteiger partial charge in [-0.2, -0.15) is 5.90 Å². The molecule has 0 bridgehead atoms.